The Morgan fingerprint density at radius 2 is 1.62 bits per heavy atom. The number of rotatable bonds is 1. The van der Waals surface area contributed by atoms with Gasteiger partial charge < -0.3 is 0 Å². The molecule has 0 aromatic heterocycles. The molecule has 0 radical (unpaired) electrons. The van der Waals surface area contributed by atoms with Crippen molar-refractivity contribution in [3.63, 3.8) is 0 Å². The summed E-state index contributed by atoms with van der Waals surface area (Å²) in [6.45, 7) is 6.83. The van der Waals surface area contributed by atoms with Crippen LogP contribution in [0.4, 0.5) is 0 Å². The number of hydrogen-bond donors (Lipinski definition) is 0. The van der Waals surface area contributed by atoms with Gasteiger partial charge in [-0.05, 0) is 0 Å². The van der Waals surface area contributed by atoms with Gasteiger partial charge in [-0.1, -0.05) is 0 Å². The topological polar surface area (TPSA) is 0 Å². The summed E-state index contributed by atoms with van der Waals surface area (Å²) in [6, 6.07) is 0. The second kappa shape index (κ2) is 4.40. The van der Waals surface area contributed by atoms with Crippen molar-refractivity contribution in [1.29, 1.82) is 0 Å². The zero-order valence-corrected chi connectivity index (χ0v) is 12.2. The van der Waals surface area contributed by atoms with Crippen molar-refractivity contribution in [2.45, 2.75) is 63.7 Å². The van der Waals surface area contributed by atoms with Gasteiger partial charge in [-0.3, -0.25) is 0 Å². The first kappa shape index (κ1) is 12.3. The molecule has 0 aromatic carbocycles. The first-order chi connectivity index (χ1) is 5.86. The number of hydrogen-bond acceptors (Lipinski definition) is 0. The molecule has 78 valence electrons. The molecule has 0 amide bonds. The SMILES string of the molecule is CC(C)(C)P(Cl)(=[Se])C1CCCCC1. The molecule has 0 spiro atoms. The van der Waals surface area contributed by atoms with Gasteiger partial charge in [0.25, 0.3) is 0 Å². The van der Waals surface area contributed by atoms with Crippen LogP contribution in [0.5, 0.6) is 0 Å². The van der Waals surface area contributed by atoms with Crippen LogP contribution in [0.1, 0.15) is 52.9 Å². The fourth-order valence-electron chi connectivity index (χ4n) is 1.96. The van der Waals surface area contributed by atoms with Crippen LogP contribution < -0.4 is 0 Å². The summed E-state index contributed by atoms with van der Waals surface area (Å²) in [5, 5.41) is 0.274. The van der Waals surface area contributed by atoms with Gasteiger partial charge in [-0.25, -0.2) is 0 Å². The van der Waals surface area contributed by atoms with Crippen LogP contribution >= 0.6 is 16.1 Å². The van der Waals surface area contributed by atoms with Crippen molar-refractivity contribution in [1.82, 2.24) is 0 Å². The van der Waals surface area contributed by atoms with E-state index in [2.05, 4.69) is 35.9 Å². The molecule has 1 unspecified atom stereocenters. The quantitative estimate of drug-likeness (QED) is 0.496. The van der Waals surface area contributed by atoms with E-state index in [-0.39, 0.29) is 5.16 Å². The summed E-state index contributed by atoms with van der Waals surface area (Å²) in [4.78, 5) is -1.35. The molecule has 1 saturated carbocycles. The normalized spacial score (nSPS) is 25.5. The summed E-state index contributed by atoms with van der Waals surface area (Å²) in [5.74, 6) is 0. The van der Waals surface area contributed by atoms with Gasteiger partial charge in [-0.15, -0.1) is 0 Å². The molecule has 13 heavy (non-hydrogen) atoms. The van der Waals surface area contributed by atoms with Crippen LogP contribution in [0.15, 0.2) is 0 Å². The van der Waals surface area contributed by atoms with Gasteiger partial charge in [0, 0.05) is 0 Å². The minimum absolute atomic E-state index is 0.274. The average Bonchev–Trinajstić information content (AvgIpc) is 2.04. The van der Waals surface area contributed by atoms with E-state index in [4.69, 9.17) is 11.2 Å². The van der Waals surface area contributed by atoms with E-state index < -0.39 is 4.86 Å². The predicted molar refractivity (Wildman–Crippen MR) is 65.2 cm³/mol. The number of halogens is 1. The molecule has 0 N–H and O–H groups in total. The van der Waals surface area contributed by atoms with Gasteiger partial charge in [0.1, 0.15) is 0 Å². The predicted octanol–water partition coefficient (Wildman–Crippen LogP) is 4.37. The Balaban J connectivity index is 2.73. The van der Waals surface area contributed by atoms with Crippen molar-refractivity contribution < 1.29 is 0 Å². The van der Waals surface area contributed by atoms with Crippen LogP contribution in [0.3, 0.4) is 0 Å². The van der Waals surface area contributed by atoms with Crippen molar-refractivity contribution in [3.8, 4) is 0 Å². The molecular formula is C10H20ClPSe. The third-order valence-electron chi connectivity index (χ3n) is 2.96. The molecular weight excluding hydrogens is 265 g/mol. The zero-order valence-electron chi connectivity index (χ0n) is 8.85. The van der Waals surface area contributed by atoms with Crippen molar-refractivity contribution in [3.05, 3.63) is 0 Å². The first-order valence-electron chi connectivity index (χ1n) is 5.15. The standard InChI is InChI=1S/C10H20ClPSe/c1-10(2,3)12(11,13)9-7-5-4-6-8-9/h9H,4-8H2,1-3H3. The fourth-order valence-corrected chi connectivity index (χ4v) is 6.00. The fraction of sp³-hybridized carbons (Fsp3) is 1.00. The van der Waals surface area contributed by atoms with Gasteiger partial charge >= 0.3 is 94.9 Å². The average molecular weight is 286 g/mol. The van der Waals surface area contributed by atoms with Crippen LogP contribution in [0.25, 0.3) is 0 Å². The van der Waals surface area contributed by atoms with E-state index in [9.17, 15) is 0 Å². The molecule has 1 atom stereocenters. The Morgan fingerprint density at radius 3 is 2.00 bits per heavy atom. The van der Waals surface area contributed by atoms with E-state index in [1.807, 2.05) is 0 Å². The molecule has 0 nitrogen and oxygen atoms in total. The Kier molecular flexibility index (Phi) is 4.16. The molecule has 3 heteroatoms. The van der Waals surface area contributed by atoms with E-state index in [0.717, 1.165) is 5.66 Å². The summed E-state index contributed by atoms with van der Waals surface area (Å²) >= 11 is 10.1. The molecule has 0 aliphatic heterocycles. The summed E-state index contributed by atoms with van der Waals surface area (Å²) in [6.07, 6.45) is 6.88. The summed E-state index contributed by atoms with van der Waals surface area (Å²) in [5.41, 5.74) is 0.780. The molecule has 0 bridgehead atoms. The van der Waals surface area contributed by atoms with Gasteiger partial charge in [0.15, 0.2) is 0 Å². The van der Waals surface area contributed by atoms with Crippen LogP contribution in [0.2, 0.25) is 0 Å². The molecule has 0 heterocycles. The molecule has 1 aliphatic carbocycles. The summed E-state index contributed by atoms with van der Waals surface area (Å²) in [7, 11) is 0. The van der Waals surface area contributed by atoms with Crippen molar-refractivity contribution in [2.24, 2.45) is 0 Å². The first-order valence-corrected chi connectivity index (χ1v) is 10.1. The second-order valence-corrected chi connectivity index (χ2v) is 14.9. The van der Waals surface area contributed by atoms with E-state index in [1.54, 1.807) is 0 Å². The maximum absolute atomic E-state index is 6.75. The van der Waals surface area contributed by atoms with E-state index >= 15 is 0 Å². The Bertz CT molecular complexity index is 213. The Labute approximate surface area is 94.8 Å². The van der Waals surface area contributed by atoms with Crippen LogP contribution in [-0.2, 0) is 0 Å². The van der Waals surface area contributed by atoms with Crippen LogP contribution in [0, 0.1) is 0 Å². The van der Waals surface area contributed by atoms with Crippen LogP contribution in [-0.4, -0.2) is 25.9 Å². The van der Waals surface area contributed by atoms with E-state index in [0.29, 0.717) is 0 Å². The van der Waals surface area contributed by atoms with Gasteiger partial charge in [-0.2, -0.15) is 0 Å². The zero-order chi connectivity index (χ0) is 10.1. The summed E-state index contributed by atoms with van der Waals surface area (Å²) < 4.78 is 0. The van der Waals surface area contributed by atoms with Crippen molar-refractivity contribution in [2.75, 3.05) is 0 Å². The van der Waals surface area contributed by atoms with Gasteiger partial charge in [0.05, 0.1) is 0 Å². The van der Waals surface area contributed by atoms with Gasteiger partial charge in [0.2, 0.25) is 0 Å². The second-order valence-electron chi connectivity index (χ2n) is 5.04. The molecule has 1 fully saturated rings. The third kappa shape index (κ3) is 2.85. The maximum atomic E-state index is 6.75. The van der Waals surface area contributed by atoms with E-state index in [1.165, 1.54) is 32.1 Å². The monoisotopic (exact) mass is 286 g/mol. The molecule has 0 saturated heterocycles. The Morgan fingerprint density at radius 1 is 1.15 bits per heavy atom. The third-order valence-corrected chi connectivity index (χ3v) is 13.9. The van der Waals surface area contributed by atoms with Crippen molar-refractivity contribution >= 4 is 31.2 Å². The Hall–Kier alpha value is 1.24. The molecule has 1 rings (SSSR count). The molecule has 0 aromatic rings. The minimum atomic E-state index is -1.35. The molecule has 1 aliphatic rings.